The Bertz CT molecular complexity index is 1520. The number of nitrogens with zero attached hydrogens (tertiary/aromatic N) is 2. The first-order valence-corrected chi connectivity index (χ1v) is 12.9. The molecule has 13 heteroatoms. The van der Waals surface area contributed by atoms with Crippen molar-refractivity contribution in [3.8, 4) is 0 Å². The number of carbonyl (C=O) groups excluding carboxylic acids is 1. The molecule has 4 rings (SSSR count). The summed E-state index contributed by atoms with van der Waals surface area (Å²) in [5.41, 5.74) is 0.390. The van der Waals surface area contributed by atoms with Crippen LogP contribution in [0.2, 0.25) is 10.0 Å². The van der Waals surface area contributed by atoms with Crippen molar-refractivity contribution in [2.75, 3.05) is 4.72 Å². The zero-order chi connectivity index (χ0) is 25.2. The molecule has 180 valence electrons. The van der Waals surface area contributed by atoms with Gasteiger partial charge in [-0.25, -0.2) is 9.78 Å². The SMILES string of the molecule is O=C(N[C@H](Cc1ccc(Cl)cc1)C(=O)O)c1cc(Cl)ccc1NS(=O)(=O)c1nccc2sncc12. The first kappa shape index (κ1) is 24.9. The van der Waals surface area contributed by atoms with Crippen molar-refractivity contribution >= 4 is 72.4 Å². The van der Waals surface area contributed by atoms with Gasteiger partial charge in [0.1, 0.15) is 6.04 Å². The van der Waals surface area contributed by atoms with E-state index in [0.717, 1.165) is 11.5 Å². The lowest BCUT2D eigenvalue weighted by Crippen LogP contribution is -2.42. The third-order valence-electron chi connectivity index (χ3n) is 4.93. The average Bonchev–Trinajstić information content (AvgIpc) is 3.29. The standard InChI is InChI=1S/C22H16Cl2N4O5S2/c23-13-3-1-12(2-4-13)9-18(22(30)31)27-20(29)15-10-14(24)5-6-17(15)28-35(32,33)21-16-11-26-34-19(16)7-8-25-21/h1-8,10-11,18,28H,9H2,(H,27,29)(H,30,31)/t18-/m1/s1. The minimum atomic E-state index is -4.22. The number of fused-ring (bicyclic) bond motifs is 1. The van der Waals surface area contributed by atoms with Crippen molar-refractivity contribution < 1.29 is 23.1 Å². The molecule has 2 aromatic heterocycles. The van der Waals surface area contributed by atoms with Crippen LogP contribution in [0.5, 0.6) is 0 Å². The molecule has 2 aromatic carbocycles. The molecule has 2 heterocycles. The summed E-state index contributed by atoms with van der Waals surface area (Å²) in [5.74, 6) is -2.09. The molecule has 1 amide bonds. The second-order valence-electron chi connectivity index (χ2n) is 7.34. The van der Waals surface area contributed by atoms with Crippen molar-refractivity contribution in [2.45, 2.75) is 17.5 Å². The number of rotatable bonds is 8. The number of pyridine rings is 1. The summed E-state index contributed by atoms with van der Waals surface area (Å²) in [5, 5.41) is 12.8. The predicted molar refractivity (Wildman–Crippen MR) is 134 cm³/mol. The van der Waals surface area contributed by atoms with Crippen LogP contribution in [0.1, 0.15) is 15.9 Å². The number of sulfonamides is 1. The van der Waals surface area contributed by atoms with Crippen LogP contribution >= 0.6 is 34.7 Å². The van der Waals surface area contributed by atoms with Gasteiger partial charge in [0.25, 0.3) is 15.9 Å². The highest BCUT2D eigenvalue weighted by molar-refractivity contribution is 7.92. The van der Waals surface area contributed by atoms with Gasteiger partial charge < -0.3 is 10.4 Å². The van der Waals surface area contributed by atoms with Crippen molar-refractivity contribution in [3.63, 3.8) is 0 Å². The molecule has 0 spiro atoms. The maximum Gasteiger partial charge on any atom is 0.326 e. The van der Waals surface area contributed by atoms with E-state index < -0.39 is 27.9 Å². The lowest BCUT2D eigenvalue weighted by Gasteiger charge is -2.17. The second kappa shape index (κ2) is 10.2. The van der Waals surface area contributed by atoms with Gasteiger partial charge in [-0.3, -0.25) is 9.52 Å². The number of carboxylic acids is 1. The minimum Gasteiger partial charge on any atom is -0.480 e. The normalized spacial score (nSPS) is 12.3. The number of aliphatic carboxylic acids is 1. The van der Waals surface area contributed by atoms with Gasteiger partial charge in [-0.15, -0.1) is 0 Å². The molecule has 4 aromatic rings. The third kappa shape index (κ3) is 5.70. The van der Waals surface area contributed by atoms with Gasteiger partial charge in [0.15, 0.2) is 5.03 Å². The Hall–Kier alpha value is -3.25. The Morgan fingerprint density at radius 1 is 1.06 bits per heavy atom. The van der Waals surface area contributed by atoms with E-state index in [4.69, 9.17) is 23.2 Å². The van der Waals surface area contributed by atoms with Gasteiger partial charge in [-0.2, -0.15) is 12.8 Å². The number of aromatic nitrogens is 2. The second-order valence-corrected chi connectivity index (χ2v) is 10.6. The zero-order valence-corrected chi connectivity index (χ0v) is 20.7. The summed E-state index contributed by atoms with van der Waals surface area (Å²) in [6, 6.07) is 10.8. The number of carboxylic acid groups (broad SMARTS) is 1. The van der Waals surface area contributed by atoms with Crippen molar-refractivity contribution in [1.29, 1.82) is 0 Å². The largest absolute Gasteiger partial charge is 0.480 e. The number of carbonyl (C=O) groups is 2. The molecule has 0 aliphatic heterocycles. The molecule has 0 unspecified atom stereocenters. The highest BCUT2D eigenvalue weighted by Gasteiger charge is 2.26. The fourth-order valence-corrected chi connectivity index (χ4v) is 5.48. The summed E-state index contributed by atoms with van der Waals surface area (Å²) < 4.78 is 33.2. The molecular formula is C22H16Cl2N4O5S2. The molecule has 0 saturated carbocycles. The first-order chi connectivity index (χ1) is 16.6. The fourth-order valence-electron chi connectivity index (χ4n) is 3.26. The lowest BCUT2D eigenvalue weighted by molar-refractivity contribution is -0.139. The Morgan fingerprint density at radius 2 is 1.77 bits per heavy atom. The van der Waals surface area contributed by atoms with E-state index in [1.165, 1.54) is 30.6 Å². The monoisotopic (exact) mass is 550 g/mol. The Kier molecular flexibility index (Phi) is 7.22. The molecule has 3 N–H and O–H groups in total. The van der Waals surface area contributed by atoms with E-state index >= 15 is 0 Å². The maximum absolute atomic E-state index is 13.1. The van der Waals surface area contributed by atoms with Gasteiger partial charge in [-0.05, 0) is 53.5 Å². The van der Waals surface area contributed by atoms with Crippen LogP contribution in [-0.2, 0) is 21.2 Å². The molecule has 9 nitrogen and oxygen atoms in total. The smallest absolute Gasteiger partial charge is 0.326 e. The van der Waals surface area contributed by atoms with Crippen molar-refractivity contribution in [1.82, 2.24) is 14.7 Å². The highest BCUT2D eigenvalue weighted by Crippen LogP contribution is 2.27. The third-order valence-corrected chi connectivity index (χ3v) is 7.50. The van der Waals surface area contributed by atoms with Gasteiger partial charge in [0.2, 0.25) is 0 Å². The summed E-state index contributed by atoms with van der Waals surface area (Å²) in [6.07, 6.45) is 2.72. The number of benzene rings is 2. The molecular weight excluding hydrogens is 535 g/mol. The first-order valence-electron chi connectivity index (χ1n) is 9.94. The molecule has 0 fully saturated rings. The van der Waals surface area contributed by atoms with E-state index in [-0.39, 0.29) is 27.7 Å². The molecule has 0 aliphatic rings. The summed E-state index contributed by atoms with van der Waals surface area (Å²) in [6.45, 7) is 0. The Balaban J connectivity index is 1.62. The quantitative estimate of drug-likeness (QED) is 0.298. The number of amides is 1. The van der Waals surface area contributed by atoms with E-state index in [0.29, 0.717) is 20.7 Å². The maximum atomic E-state index is 13.1. The van der Waals surface area contributed by atoms with E-state index in [9.17, 15) is 23.1 Å². The number of hydrogen-bond acceptors (Lipinski definition) is 7. The summed E-state index contributed by atoms with van der Waals surface area (Å²) in [7, 11) is -4.22. The van der Waals surface area contributed by atoms with E-state index in [2.05, 4.69) is 19.4 Å². The van der Waals surface area contributed by atoms with Gasteiger partial charge in [0.05, 0.1) is 27.5 Å². The highest BCUT2D eigenvalue weighted by atomic mass is 35.5. The van der Waals surface area contributed by atoms with Gasteiger partial charge in [-0.1, -0.05) is 35.3 Å². The fraction of sp³-hybridized carbons (Fsp3) is 0.0909. The molecule has 0 bridgehead atoms. The van der Waals surface area contributed by atoms with Crippen LogP contribution in [0.15, 0.2) is 66.0 Å². The molecule has 0 radical (unpaired) electrons. The van der Waals surface area contributed by atoms with Gasteiger partial charge >= 0.3 is 5.97 Å². The molecule has 1 atom stereocenters. The predicted octanol–water partition coefficient (Wildman–Crippen LogP) is 4.22. The van der Waals surface area contributed by atoms with Crippen LogP contribution in [0.25, 0.3) is 10.1 Å². The summed E-state index contributed by atoms with van der Waals surface area (Å²) >= 11 is 13.0. The van der Waals surface area contributed by atoms with Crippen LogP contribution in [0, 0.1) is 0 Å². The molecule has 35 heavy (non-hydrogen) atoms. The van der Waals surface area contributed by atoms with Crippen LogP contribution in [-0.4, -0.2) is 40.8 Å². The van der Waals surface area contributed by atoms with Crippen molar-refractivity contribution in [2.24, 2.45) is 0 Å². The Labute approximate surface area is 213 Å². The lowest BCUT2D eigenvalue weighted by atomic mass is 10.1. The van der Waals surface area contributed by atoms with Gasteiger partial charge in [0, 0.05) is 22.7 Å². The van der Waals surface area contributed by atoms with E-state index in [1.807, 2.05) is 0 Å². The summed E-state index contributed by atoms with van der Waals surface area (Å²) in [4.78, 5) is 28.8. The number of halogens is 2. The molecule has 0 aliphatic carbocycles. The average molecular weight is 551 g/mol. The Morgan fingerprint density at radius 3 is 2.49 bits per heavy atom. The number of nitrogens with one attached hydrogen (secondary N) is 2. The number of anilines is 1. The molecule has 0 saturated heterocycles. The van der Waals surface area contributed by atoms with Crippen LogP contribution in [0.4, 0.5) is 5.69 Å². The van der Waals surface area contributed by atoms with E-state index in [1.54, 1.807) is 30.3 Å². The topological polar surface area (TPSA) is 138 Å². The number of hydrogen-bond donors (Lipinski definition) is 3. The minimum absolute atomic E-state index is 0.0169. The van der Waals surface area contributed by atoms with Crippen molar-refractivity contribution in [3.05, 3.63) is 82.1 Å². The van der Waals surface area contributed by atoms with Crippen LogP contribution < -0.4 is 10.0 Å². The zero-order valence-electron chi connectivity index (χ0n) is 17.6. The van der Waals surface area contributed by atoms with Crippen LogP contribution in [0.3, 0.4) is 0 Å².